The van der Waals surface area contributed by atoms with Gasteiger partial charge in [-0.05, 0) is 146 Å². The van der Waals surface area contributed by atoms with Crippen molar-refractivity contribution in [1.82, 2.24) is 20.6 Å². The van der Waals surface area contributed by atoms with Gasteiger partial charge in [0.1, 0.15) is 34.4 Å². The monoisotopic (exact) mass is 862 g/mol. The molecule has 0 aliphatic carbocycles. The molecule has 2 heterocycles. The summed E-state index contributed by atoms with van der Waals surface area (Å²) >= 11 is 12.5. The van der Waals surface area contributed by atoms with E-state index in [9.17, 15) is 9.59 Å². The molecule has 0 unspecified atom stereocenters. The normalized spacial score (nSPS) is 10.8. The number of carbonyl (C=O) groups excluding carboxylic acids is 2. The van der Waals surface area contributed by atoms with Crippen LogP contribution in [0.25, 0.3) is 0 Å². The van der Waals surface area contributed by atoms with Gasteiger partial charge >= 0.3 is 0 Å². The van der Waals surface area contributed by atoms with E-state index >= 15 is 0 Å². The number of hydrogen-bond donors (Lipinski definition) is 2. The van der Waals surface area contributed by atoms with E-state index in [1.807, 2.05) is 78.8 Å². The predicted molar refractivity (Wildman–Crippen MR) is 215 cm³/mol. The van der Waals surface area contributed by atoms with Crippen molar-refractivity contribution in [2.75, 3.05) is 28.4 Å². The highest BCUT2D eigenvalue weighted by molar-refractivity contribution is 9.10. The summed E-state index contributed by atoms with van der Waals surface area (Å²) in [4.78, 5) is 32.8. The molecule has 4 rings (SSSR count). The first-order valence-electron chi connectivity index (χ1n) is 16.3. The van der Waals surface area contributed by atoms with Crippen molar-refractivity contribution >= 4 is 55.3 Å². The lowest BCUT2D eigenvalue weighted by Crippen LogP contribution is -2.41. The molecule has 2 N–H and O–H groups in total. The van der Waals surface area contributed by atoms with Gasteiger partial charge in [-0.3, -0.25) is 9.59 Å². The topological polar surface area (TPSA) is 121 Å². The molecule has 0 bridgehead atoms. The SMILES string of the molecule is COc1cc(CCc2cc(Br)cnc2C(=O)NC(C)(C)C)cc(OC)c1.COc1cc(Cl)cc(OC)c1.Cc1cc(Br)cnc1C(=O)NC(C)(C)C. The number of nitrogens with one attached hydrogen (secondary N) is 2. The van der Waals surface area contributed by atoms with Crippen LogP contribution in [0.2, 0.25) is 5.02 Å². The summed E-state index contributed by atoms with van der Waals surface area (Å²) in [6.45, 7) is 13.6. The molecule has 0 aliphatic rings. The highest BCUT2D eigenvalue weighted by atomic mass is 79.9. The van der Waals surface area contributed by atoms with Crippen molar-refractivity contribution in [3.05, 3.63) is 103 Å². The average Bonchev–Trinajstić information content (AvgIpc) is 3.05. The third kappa shape index (κ3) is 15.8. The summed E-state index contributed by atoms with van der Waals surface area (Å²) in [6, 6.07) is 14.8. The quantitative estimate of drug-likeness (QED) is 0.171. The van der Waals surface area contributed by atoms with Gasteiger partial charge in [0, 0.05) is 49.6 Å². The van der Waals surface area contributed by atoms with Crippen LogP contribution in [0.3, 0.4) is 0 Å². The van der Waals surface area contributed by atoms with Crippen LogP contribution < -0.4 is 29.6 Å². The van der Waals surface area contributed by atoms with E-state index in [1.165, 1.54) is 0 Å². The minimum atomic E-state index is -0.316. The highest BCUT2D eigenvalue weighted by Crippen LogP contribution is 2.26. The first kappa shape index (κ1) is 44.3. The van der Waals surface area contributed by atoms with E-state index in [4.69, 9.17) is 30.5 Å². The zero-order valence-electron chi connectivity index (χ0n) is 31.7. The Balaban J connectivity index is 0.000000302. The Hall–Kier alpha value is -3.87. The van der Waals surface area contributed by atoms with Crippen LogP contribution in [0.1, 0.15) is 79.2 Å². The van der Waals surface area contributed by atoms with Crippen LogP contribution in [0.5, 0.6) is 23.0 Å². The molecule has 10 nitrogen and oxygen atoms in total. The van der Waals surface area contributed by atoms with Crippen LogP contribution in [0.4, 0.5) is 0 Å². The van der Waals surface area contributed by atoms with Gasteiger partial charge in [0.15, 0.2) is 0 Å². The van der Waals surface area contributed by atoms with Crippen LogP contribution in [-0.4, -0.2) is 61.3 Å². The fourth-order valence-corrected chi connectivity index (χ4v) is 5.56. The number of methoxy groups -OCH3 is 4. The van der Waals surface area contributed by atoms with Gasteiger partial charge in [0.25, 0.3) is 11.8 Å². The van der Waals surface area contributed by atoms with Gasteiger partial charge in [-0.25, -0.2) is 9.97 Å². The van der Waals surface area contributed by atoms with Gasteiger partial charge in [0.05, 0.1) is 28.4 Å². The highest BCUT2D eigenvalue weighted by Gasteiger charge is 2.20. The summed E-state index contributed by atoms with van der Waals surface area (Å²) in [5, 5.41) is 6.46. The van der Waals surface area contributed by atoms with Gasteiger partial charge in [-0.15, -0.1) is 0 Å². The fourth-order valence-electron chi connectivity index (χ4n) is 4.52. The number of ether oxygens (including phenoxy) is 4. The lowest BCUT2D eigenvalue weighted by atomic mass is 10.0. The molecule has 52 heavy (non-hydrogen) atoms. The molecule has 13 heteroatoms. The average molecular weight is 865 g/mol. The summed E-state index contributed by atoms with van der Waals surface area (Å²) in [5.74, 6) is 2.61. The number of benzene rings is 2. The summed E-state index contributed by atoms with van der Waals surface area (Å²) in [5.41, 5.74) is 3.21. The van der Waals surface area contributed by atoms with E-state index in [1.54, 1.807) is 59.0 Å². The van der Waals surface area contributed by atoms with Crippen molar-refractivity contribution < 1.29 is 28.5 Å². The molecule has 282 valence electrons. The number of carbonyl (C=O) groups is 2. The third-order valence-corrected chi connectivity index (χ3v) is 7.88. The minimum Gasteiger partial charge on any atom is -0.497 e. The first-order chi connectivity index (χ1) is 24.3. The van der Waals surface area contributed by atoms with Crippen molar-refractivity contribution in [1.29, 1.82) is 0 Å². The molecule has 2 aromatic heterocycles. The largest absolute Gasteiger partial charge is 0.497 e. The van der Waals surface area contributed by atoms with Crippen molar-refractivity contribution in [2.24, 2.45) is 0 Å². The summed E-state index contributed by atoms with van der Waals surface area (Å²) in [7, 11) is 6.44. The Morgan fingerprint density at radius 3 is 1.46 bits per heavy atom. The first-order valence-corrected chi connectivity index (χ1v) is 18.3. The maximum atomic E-state index is 12.6. The molecule has 0 radical (unpaired) electrons. The molecule has 0 spiro atoms. The Bertz CT molecular complexity index is 1760. The molecule has 0 atom stereocenters. The van der Waals surface area contributed by atoms with Gasteiger partial charge < -0.3 is 29.6 Å². The maximum absolute atomic E-state index is 12.6. The number of hydrogen-bond acceptors (Lipinski definition) is 8. The Labute approximate surface area is 329 Å². The lowest BCUT2D eigenvalue weighted by molar-refractivity contribution is 0.0904. The van der Waals surface area contributed by atoms with Crippen LogP contribution in [0, 0.1) is 6.92 Å². The zero-order valence-corrected chi connectivity index (χ0v) is 35.6. The molecule has 0 aliphatic heterocycles. The Morgan fingerprint density at radius 2 is 1.04 bits per heavy atom. The van der Waals surface area contributed by atoms with E-state index in [-0.39, 0.29) is 22.9 Å². The zero-order chi connectivity index (χ0) is 39.2. The third-order valence-electron chi connectivity index (χ3n) is 6.80. The second kappa shape index (κ2) is 20.4. The van der Waals surface area contributed by atoms with Gasteiger partial charge in [-0.1, -0.05) is 11.6 Å². The maximum Gasteiger partial charge on any atom is 0.270 e. The molecular formula is C39H49Br2ClN4O6. The van der Waals surface area contributed by atoms with Gasteiger partial charge in [0.2, 0.25) is 0 Å². The summed E-state index contributed by atoms with van der Waals surface area (Å²) in [6.07, 6.45) is 4.69. The predicted octanol–water partition coefficient (Wildman–Crippen LogP) is 9.21. The number of halogens is 3. The standard InChI is InChI=1S/C20H25BrN2O3.C11H15BrN2O.C8H9ClO2/c1-20(2,3)23-19(24)18-14(10-15(21)12-22-18)7-6-13-8-16(25-4)11-17(9-13)26-5;1-7-5-8(12)6-13-9(7)10(15)14-11(2,3)4;1-10-7-3-6(9)4-8(5-7)11-2/h8-12H,6-7H2,1-5H3,(H,23,24);5-6H,1-4H3,(H,14,15);3-5H,1-2H3. The number of nitrogens with zero attached hydrogens (tertiary/aromatic N) is 2. The molecule has 0 fully saturated rings. The second-order valence-electron chi connectivity index (χ2n) is 13.6. The molecule has 4 aromatic rings. The van der Waals surface area contributed by atoms with E-state index in [0.717, 1.165) is 43.6 Å². The second-order valence-corrected chi connectivity index (χ2v) is 15.9. The van der Waals surface area contributed by atoms with Crippen molar-refractivity contribution in [3.8, 4) is 23.0 Å². The van der Waals surface area contributed by atoms with Crippen LogP contribution in [0.15, 0.2) is 69.9 Å². The minimum absolute atomic E-state index is 0.132. The summed E-state index contributed by atoms with van der Waals surface area (Å²) < 4.78 is 22.3. The van der Waals surface area contributed by atoms with Crippen molar-refractivity contribution in [2.45, 2.75) is 72.4 Å². The van der Waals surface area contributed by atoms with E-state index < -0.39 is 0 Å². The number of aryl methyl sites for hydroxylation is 3. The lowest BCUT2D eigenvalue weighted by Gasteiger charge is -2.21. The molecule has 0 saturated heterocycles. The van der Waals surface area contributed by atoms with Gasteiger partial charge in [-0.2, -0.15) is 0 Å². The van der Waals surface area contributed by atoms with Crippen LogP contribution in [-0.2, 0) is 12.8 Å². The molecule has 0 saturated carbocycles. The fraction of sp³-hybridized carbons (Fsp3) is 0.385. The van der Waals surface area contributed by atoms with Crippen molar-refractivity contribution in [3.63, 3.8) is 0 Å². The number of amides is 2. The number of aromatic nitrogens is 2. The van der Waals surface area contributed by atoms with E-state index in [0.29, 0.717) is 34.3 Å². The number of pyridine rings is 2. The van der Waals surface area contributed by atoms with Crippen LogP contribution >= 0.6 is 43.5 Å². The molecule has 2 amide bonds. The van der Waals surface area contributed by atoms with E-state index in [2.05, 4.69) is 52.5 Å². The Kier molecular flexibility index (Phi) is 17.4. The molecule has 2 aromatic carbocycles. The number of rotatable bonds is 9. The molecular weight excluding hydrogens is 816 g/mol. The Morgan fingerprint density at radius 1 is 0.635 bits per heavy atom. The smallest absolute Gasteiger partial charge is 0.270 e.